The number of nitrogens with one attached hydrogen (secondary N) is 1. The summed E-state index contributed by atoms with van der Waals surface area (Å²) in [5, 5.41) is 3.89. The Bertz CT molecular complexity index is 669. The van der Waals surface area contributed by atoms with Crippen LogP contribution in [0.3, 0.4) is 0 Å². The first-order valence-electron chi connectivity index (χ1n) is 5.87. The number of methoxy groups -OCH3 is 1. The molecule has 0 aliphatic carbocycles. The van der Waals surface area contributed by atoms with Gasteiger partial charge in [-0.05, 0) is 47.0 Å². The van der Waals surface area contributed by atoms with Crippen molar-refractivity contribution >= 4 is 21.4 Å². The minimum absolute atomic E-state index is 0.120. The maximum Gasteiger partial charge on any atom is 0.244 e. The van der Waals surface area contributed by atoms with Gasteiger partial charge >= 0.3 is 0 Å². The molecule has 2 rings (SSSR count). The van der Waals surface area contributed by atoms with E-state index in [9.17, 15) is 12.8 Å². The molecule has 0 aliphatic heterocycles. The van der Waals surface area contributed by atoms with Gasteiger partial charge in [0.2, 0.25) is 10.0 Å². The van der Waals surface area contributed by atoms with E-state index in [0.29, 0.717) is 6.42 Å². The maximum absolute atomic E-state index is 13.2. The molecule has 0 amide bonds. The summed E-state index contributed by atoms with van der Waals surface area (Å²) in [6.07, 6.45) is 0.584. The van der Waals surface area contributed by atoms with Crippen LogP contribution < -0.4 is 9.46 Å². The second kappa shape index (κ2) is 6.34. The van der Waals surface area contributed by atoms with Gasteiger partial charge in [-0.25, -0.2) is 17.5 Å². The Morgan fingerprint density at radius 3 is 2.80 bits per heavy atom. The third-order valence-corrected chi connectivity index (χ3v) is 4.92. The predicted molar refractivity (Wildman–Crippen MR) is 76.2 cm³/mol. The van der Waals surface area contributed by atoms with Crippen LogP contribution >= 0.6 is 11.3 Å². The van der Waals surface area contributed by atoms with Gasteiger partial charge in [0.25, 0.3) is 0 Å². The molecule has 20 heavy (non-hydrogen) atoms. The van der Waals surface area contributed by atoms with Crippen LogP contribution in [0.4, 0.5) is 4.39 Å². The number of thiophene rings is 1. The average molecular weight is 315 g/mol. The molecule has 0 saturated heterocycles. The molecule has 1 heterocycles. The minimum atomic E-state index is -3.79. The number of ether oxygens (including phenoxy) is 1. The number of hydrogen-bond acceptors (Lipinski definition) is 4. The summed E-state index contributed by atoms with van der Waals surface area (Å²) in [5.41, 5.74) is 1.06. The predicted octanol–water partition coefficient (Wildman–Crippen LogP) is 2.42. The summed E-state index contributed by atoms with van der Waals surface area (Å²) in [5.74, 6) is -0.501. The molecule has 1 aromatic heterocycles. The van der Waals surface area contributed by atoms with Crippen LogP contribution in [-0.4, -0.2) is 22.1 Å². The van der Waals surface area contributed by atoms with E-state index < -0.39 is 15.8 Å². The molecule has 0 bridgehead atoms. The largest absolute Gasteiger partial charge is 0.495 e. The van der Waals surface area contributed by atoms with E-state index >= 15 is 0 Å². The van der Waals surface area contributed by atoms with Gasteiger partial charge in [0, 0.05) is 6.54 Å². The first kappa shape index (κ1) is 15.0. The SMILES string of the molecule is COc1ccc(F)cc1S(=O)(=O)NCCc1ccsc1. The summed E-state index contributed by atoms with van der Waals surface area (Å²) in [4.78, 5) is -0.190. The summed E-state index contributed by atoms with van der Waals surface area (Å²) in [7, 11) is -2.45. The van der Waals surface area contributed by atoms with Gasteiger partial charge in [0.1, 0.15) is 16.5 Å². The van der Waals surface area contributed by atoms with Crippen molar-refractivity contribution in [2.24, 2.45) is 0 Å². The number of halogens is 1. The van der Waals surface area contributed by atoms with Gasteiger partial charge in [0.15, 0.2) is 0 Å². The van der Waals surface area contributed by atoms with Crippen LogP contribution in [0.1, 0.15) is 5.56 Å². The summed E-state index contributed by atoms with van der Waals surface area (Å²) >= 11 is 1.56. The monoisotopic (exact) mass is 315 g/mol. The Labute approximate surface area is 121 Å². The third-order valence-electron chi connectivity index (χ3n) is 2.70. The fourth-order valence-corrected chi connectivity index (χ4v) is 3.62. The Balaban J connectivity index is 2.11. The number of hydrogen-bond donors (Lipinski definition) is 1. The quantitative estimate of drug-likeness (QED) is 0.890. The molecule has 1 aromatic carbocycles. The molecule has 0 aliphatic rings. The normalized spacial score (nSPS) is 11.5. The van der Waals surface area contributed by atoms with Crippen LogP contribution in [0.15, 0.2) is 39.9 Å². The van der Waals surface area contributed by atoms with Gasteiger partial charge < -0.3 is 4.74 Å². The topological polar surface area (TPSA) is 55.4 Å². The fraction of sp³-hybridized carbons (Fsp3) is 0.231. The van der Waals surface area contributed by atoms with E-state index in [2.05, 4.69) is 4.72 Å². The first-order valence-corrected chi connectivity index (χ1v) is 8.30. The molecule has 0 fully saturated rings. The third kappa shape index (κ3) is 3.56. The van der Waals surface area contributed by atoms with Crippen molar-refractivity contribution < 1.29 is 17.5 Å². The molecule has 0 spiro atoms. The smallest absolute Gasteiger partial charge is 0.244 e. The molecule has 0 unspecified atom stereocenters. The Morgan fingerprint density at radius 1 is 1.35 bits per heavy atom. The van der Waals surface area contributed by atoms with Crippen molar-refractivity contribution in [3.8, 4) is 5.75 Å². The molecule has 2 aromatic rings. The van der Waals surface area contributed by atoms with Crippen LogP contribution in [0, 0.1) is 5.82 Å². The van der Waals surface area contributed by atoms with E-state index in [4.69, 9.17) is 4.74 Å². The van der Waals surface area contributed by atoms with Gasteiger partial charge in [-0.1, -0.05) is 0 Å². The van der Waals surface area contributed by atoms with Crippen molar-refractivity contribution in [2.45, 2.75) is 11.3 Å². The van der Waals surface area contributed by atoms with E-state index in [1.54, 1.807) is 11.3 Å². The van der Waals surface area contributed by atoms with Crippen LogP contribution in [0.2, 0.25) is 0 Å². The van der Waals surface area contributed by atoms with Gasteiger partial charge in [-0.15, -0.1) is 0 Å². The summed E-state index contributed by atoms with van der Waals surface area (Å²) < 4.78 is 44.9. The fourth-order valence-electron chi connectivity index (χ4n) is 1.70. The maximum atomic E-state index is 13.2. The Morgan fingerprint density at radius 2 is 2.15 bits per heavy atom. The van der Waals surface area contributed by atoms with Crippen molar-refractivity contribution in [3.05, 3.63) is 46.4 Å². The molecule has 0 saturated carbocycles. The van der Waals surface area contributed by atoms with E-state index in [-0.39, 0.29) is 17.2 Å². The van der Waals surface area contributed by atoms with Crippen molar-refractivity contribution in [2.75, 3.05) is 13.7 Å². The van der Waals surface area contributed by atoms with Crippen LogP contribution in [0.25, 0.3) is 0 Å². The zero-order valence-corrected chi connectivity index (χ0v) is 12.4. The first-order chi connectivity index (χ1) is 9.53. The second-order valence-electron chi connectivity index (χ2n) is 4.07. The number of benzene rings is 1. The highest BCUT2D eigenvalue weighted by atomic mass is 32.2. The lowest BCUT2D eigenvalue weighted by molar-refractivity contribution is 0.400. The standard InChI is InChI=1S/C13H14FNO3S2/c1-18-12-3-2-11(14)8-13(12)20(16,17)15-6-4-10-5-7-19-9-10/h2-3,5,7-9,15H,4,6H2,1H3. The highest BCUT2D eigenvalue weighted by molar-refractivity contribution is 7.89. The van der Waals surface area contributed by atoms with E-state index in [1.807, 2.05) is 16.8 Å². The van der Waals surface area contributed by atoms with Gasteiger partial charge in [-0.3, -0.25) is 0 Å². The molecule has 108 valence electrons. The lowest BCUT2D eigenvalue weighted by Gasteiger charge is -2.10. The Kier molecular flexibility index (Phi) is 4.74. The molecular weight excluding hydrogens is 301 g/mol. The molecule has 1 N–H and O–H groups in total. The molecular formula is C13H14FNO3S2. The zero-order chi connectivity index (χ0) is 14.6. The van der Waals surface area contributed by atoms with Crippen molar-refractivity contribution in [1.29, 1.82) is 0 Å². The summed E-state index contributed by atoms with van der Waals surface area (Å²) in [6, 6.07) is 5.33. The highest BCUT2D eigenvalue weighted by Crippen LogP contribution is 2.24. The lowest BCUT2D eigenvalue weighted by atomic mass is 10.2. The molecule has 0 atom stereocenters. The van der Waals surface area contributed by atoms with Gasteiger partial charge in [0.05, 0.1) is 7.11 Å². The van der Waals surface area contributed by atoms with Crippen molar-refractivity contribution in [1.82, 2.24) is 4.72 Å². The Hall–Kier alpha value is -1.44. The lowest BCUT2D eigenvalue weighted by Crippen LogP contribution is -2.26. The number of rotatable bonds is 6. The highest BCUT2D eigenvalue weighted by Gasteiger charge is 2.19. The molecule has 0 radical (unpaired) electrons. The van der Waals surface area contributed by atoms with Crippen LogP contribution in [-0.2, 0) is 16.4 Å². The minimum Gasteiger partial charge on any atom is -0.495 e. The van der Waals surface area contributed by atoms with E-state index in [0.717, 1.165) is 17.7 Å². The average Bonchev–Trinajstić information content (AvgIpc) is 2.91. The summed E-state index contributed by atoms with van der Waals surface area (Å²) in [6.45, 7) is 0.249. The molecule has 4 nitrogen and oxygen atoms in total. The van der Waals surface area contributed by atoms with Crippen molar-refractivity contribution in [3.63, 3.8) is 0 Å². The second-order valence-corrected chi connectivity index (χ2v) is 6.59. The van der Waals surface area contributed by atoms with Crippen LogP contribution in [0.5, 0.6) is 5.75 Å². The van der Waals surface area contributed by atoms with E-state index in [1.165, 1.54) is 13.2 Å². The number of sulfonamides is 1. The molecule has 7 heteroatoms. The zero-order valence-electron chi connectivity index (χ0n) is 10.8. The van der Waals surface area contributed by atoms with Gasteiger partial charge in [-0.2, -0.15) is 11.3 Å².